The van der Waals surface area contributed by atoms with E-state index in [1.54, 1.807) is 26.1 Å². The van der Waals surface area contributed by atoms with E-state index in [-0.39, 0.29) is 11.4 Å². The van der Waals surface area contributed by atoms with Gasteiger partial charge in [0.1, 0.15) is 11.6 Å². The summed E-state index contributed by atoms with van der Waals surface area (Å²) in [5.74, 6) is 0.0314. The average Bonchev–Trinajstić information content (AvgIpc) is 2.33. The number of halogens is 1. The van der Waals surface area contributed by atoms with Crippen LogP contribution in [0.1, 0.15) is 11.3 Å². The minimum Gasteiger partial charge on any atom is -0.315 e. The Balaban J connectivity index is 2.51. The van der Waals surface area contributed by atoms with Crippen LogP contribution in [0.4, 0.5) is 4.39 Å². The molecule has 0 aliphatic rings. The van der Waals surface area contributed by atoms with E-state index in [0.29, 0.717) is 29.2 Å². The fraction of sp³-hybridized carbons (Fsp3) is 0.231. The predicted molar refractivity (Wildman–Crippen MR) is 67.8 cm³/mol. The van der Waals surface area contributed by atoms with Crippen LogP contribution in [0, 0.1) is 12.7 Å². The molecule has 0 amide bonds. The van der Waals surface area contributed by atoms with Gasteiger partial charge >= 0.3 is 0 Å². The van der Waals surface area contributed by atoms with E-state index in [1.807, 2.05) is 0 Å². The second-order valence-electron chi connectivity index (χ2n) is 4.02. The van der Waals surface area contributed by atoms with Crippen LogP contribution in [0.2, 0.25) is 0 Å². The lowest BCUT2D eigenvalue weighted by Gasteiger charge is -2.07. The number of rotatable bonds is 3. The summed E-state index contributed by atoms with van der Waals surface area (Å²) in [6, 6.07) is 5.99. The molecule has 0 aliphatic carbocycles. The Morgan fingerprint density at radius 2 is 2.22 bits per heavy atom. The van der Waals surface area contributed by atoms with Gasteiger partial charge in [-0.15, -0.1) is 0 Å². The summed E-state index contributed by atoms with van der Waals surface area (Å²) in [5.41, 5.74) is 1.60. The van der Waals surface area contributed by atoms with Crippen LogP contribution < -0.4 is 10.9 Å². The molecule has 0 spiro atoms. The van der Waals surface area contributed by atoms with Gasteiger partial charge in [0.05, 0.1) is 5.56 Å². The van der Waals surface area contributed by atoms with Crippen molar-refractivity contribution in [2.75, 3.05) is 7.05 Å². The summed E-state index contributed by atoms with van der Waals surface area (Å²) in [6.45, 7) is 2.22. The summed E-state index contributed by atoms with van der Waals surface area (Å²) in [4.78, 5) is 18.9. The van der Waals surface area contributed by atoms with Gasteiger partial charge in [0.2, 0.25) is 0 Å². The van der Waals surface area contributed by atoms with E-state index in [1.165, 1.54) is 12.1 Å². The van der Waals surface area contributed by atoms with Crippen molar-refractivity contribution in [1.82, 2.24) is 15.3 Å². The van der Waals surface area contributed by atoms with Crippen LogP contribution in [-0.2, 0) is 6.54 Å². The van der Waals surface area contributed by atoms with Crippen LogP contribution >= 0.6 is 0 Å². The van der Waals surface area contributed by atoms with E-state index in [9.17, 15) is 9.18 Å². The number of benzene rings is 1. The minimum atomic E-state index is -0.355. The molecule has 2 aromatic rings. The molecule has 94 valence electrons. The number of hydrogen-bond donors (Lipinski definition) is 2. The van der Waals surface area contributed by atoms with Crippen LogP contribution in [0.5, 0.6) is 0 Å². The lowest BCUT2D eigenvalue weighted by atomic mass is 10.2. The zero-order chi connectivity index (χ0) is 13.1. The maximum Gasteiger partial charge on any atom is 0.255 e. The highest BCUT2D eigenvalue weighted by atomic mass is 19.1. The summed E-state index contributed by atoms with van der Waals surface area (Å²) in [5, 5.41) is 2.91. The van der Waals surface area contributed by atoms with Crippen LogP contribution in [0.25, 0.3) is 11.4 Å². The van der Waals surface area contributed by atoms with E-state index in [2.05, 4.69) is 15.3 Å². The molecular weight excluding hydrogens is 233 g/mol. The molecule has 0 radical (unpaired) electrons. The monoisotopic (exact) mass is 247 g/mol. The highest BCUT2D eigenvalue weighted by Gasteiger charge is 2.09. The summed E-state index contributed by atoms with van der Waals surface area (Å²) in [6.07, 6.45) is 0. The molecule has 1 heterocycles. The number of H-pyrrole nitrogens is 1. The fourth-order valence-corrected chi connectivity index (χ4v) is 1.77. The number of nitrogens with one attached hydrogen (secondary N) is 2. The smallest absolute Gasteiger partial charge is 0.255 e. The summed E-state index contributed by atoms with van der Waals surface area (Å²) >= 11 is 0. The molecule has 1 aromatic carbocycles. The summed E-state index contributed by atoms with van der Waals surface area (Å²) in [7, 11) is 1.76. The third-order valence-electron chi connectivity index (χ3n) is 2.67. The highest BCUT2D eigenvalue weighted by Crippen LogP contribution is 2.15. The van der Waals surface area contributed by atoms with Gasteiger partial charge in [0.25, 0.3) is 5.56 Å². The van der Waals surface area contributed by atoms with Gasteiger partial charge in [0.15, 0.2) is 0 Å². The normalized spacial score (nSPS) is 10.6. The predicted octanol–water partition coefficient (Wildman–Crippen LogP) is 1.60. The standard InChI is InChI=1S/C13H14FN3O/c1-8-11(7-15-2)13(18)17-12(16-8)9-4-3-5-10(14)6-9/h3-6,15H,7H2,1-2H3,(H,16,17,18). The Hall–Kier alpha value is -2.01. The van der Waals surface area contributed by atoms with Crippen LogP contribution in [0.3, 0.4) is 0 Å². The number of aromatic amines is 1. The zero-order valence-electron chi connectivity index (χ0n) is 10.2. The van der Waals surface area contributed by atoms with Crippen LogP contribution in [0.15, 0.2) is 29.1 Å². The lowest BCUT2D eigenvalue weighted by Crippen LogP contribution is -2.22. The molecule has 5 heteroatoms. The number of nitrogens with zero attached hydrogens (tertiary/aromatic N) is 1. The van der Waals surface area contributed by atoms with Crippen molar-refractivity contribution < 1.29 is 4.39 Å². The maximum atomic E-state index is 13.1. The fourth-order valence-electron chi connectivity index (χ4n) is 1.77. The maximum absolute atomic E-state index is 13.1. The SMILES string of the molecule is CNCc1c(C)nc(-c2cccc(F)c2)[nH]c1=O. The third-order valence-corrected chi connectivity index (χ3v) is 2.67. The molecule has 4 nitrogen and oxygen atoms in total. The van der Waals surface area contributed by atoms with Gasteiger partial charge in [0, 0.05) is 17.8 Å². The molecule has 0 aliphatic heterocycles. The Bertz CT molecular complexity index is 622. The topological polar surface area (TPSA) is 57.8 Å². The van der Waals surface area contributed by atoms with Crippen molar-refractivity contribution in [3.63, 3.8) is 0 Å². The van der Waals surface area contributed by atoms with Gasteiger partial charge in [-0.1, -0.05) is 12.1 Å². The van der Waals surface area contributed by atoms with Gasteiger partial charge in [-0.25, -0.2) is 9.37 Å². The number of aromatic nitrogens is 2. The van der Waals surface area contributed by atoms with Crippen molar-refractivity contribution in [2.24, 2.45) is 0 Å². The molecule has 1 aromatic heterocycles. The molecule has 2 N–H and O–H groups in total. The molecule has 18 heavy (non-hydrogen) atoms. The summed E-state index contributed by atoms with van der Waals surface area (Å²) < 4.78 is 13.1. The minimum absolute atomic E-state index is 0.198. The molecular formula is C13H14FN3O. The van der Waals surface area contributed by atoms with Crippen molar-refractivity contribution in [2.45, 2.75) is 13.5 Å². The first-order valence-corrected chi connectivity index (χ1v) is 5.62. The first kappa shape index (κ1) is 12.4. The second kappa shape index (κ2) is 5.10. The first-order chi connectivity index (χ1) is 8.61. The molecule has 0 saturated carbocycles. The van der Waals surface area contributed by atoms with Gasteiger partial charge in [-0.05, 0) is 26.1 Å². The second-order valence-corrected chi connectivity index (χ2v) is 4.02. The number of hydrogen-bond acceptors (Lipinski definition) is 3. The highest BCUT2D eigenvalue weighted by molar-refractivity contribution is 5.54. The quantitative estimate of drug-likeness (QED) is 0.866. The lowest BCUT2D eigenvalue weighted by molar-refractivity contribution is 0.628. The molecule has 0 saturated heterocycles. The van der Waals surface area contributed by atoms with E-state index < -0.39 is 0 Å². The first-order valence-electron chi connectivity index (χ1n) is 5.62. The Morgan fingerprint density at radius 1 is 1.44 bits per heavy atom. The van der Waals surface area contributed by atoms with E-state index in [4.69, 9.17) is 0 Å². The van der Waals surface area contributed by atoms with Crippen molar-refractivity contribution >= 4 is 0 Å². The number of aryl methyl sites for hydroxylation is 1. The average molecular weight is 247 g/mol. The van der Waals surface area contributed by atoms with E-state index >= 15 is 0 Å². The Morgan fingerprint density at radius 3 is 2.83 bits per heavy atom. The van der Waals surface area contributed by atoms with Crippen LogP contribution in [-0.4, -0.2) is 17.0 Å². The van der Waals surface area contributed by atoms with E-state index in [0.717, 1.165) is 0 Å². The zero-order valence-corrected chi connectivity index (χ0v) is 10.2. The molecule has 0 bridgehead atoms. The molecule has 0 atom stereocenters. The van der Waals surface area contributed by atoms with Gasteiger partial charge in [-0.2, -0.15) is 0 Å². The Kier molecular flexibility index (Phi) is 3.53. The molecule has 2 rings (SSSR count). The molecule has 0 unspecified atom stereocenters. The van der Waals surface area contributed by atoms with Crippen molar-refractivity contribution in [3.8, 4) is 11.4 Å². The largest absolute Gasteiger partial charge is 0.315 e. The van der Waals surface area contributed by atoms with Crippen molar-refractivity contribution in [1.29, 1.82) is 0 Å². The van der Waals surface area contributed by atoms with Gasteiger partial charge < -0.3 is 10.3 Å². The molecule has 0 fully saturated rings. The Labute approximate surface area is 104 Å². The van der Waals surface area contributed by atoms with Gasteiger partial charge in [-0.3, -0.25) is 4.79 Å². The van der Waals surface area contributed by atoms with Crippen molar-refractivity contribution in [3.05, 3.63) is 51.7 Å². The third kappa shape index (κ3) is 2.46.